The van der Waals surface area contributed by atoms with E-state index in [4.69, 9.17) is 5.73 Å². The third kappa shape index (κ3) is 6.87. The van der Waals surface area contributed by atoms with Gasteiger partial charge < -0.3 is 26.8 Å². The van der Waals surface area contributed by atoms with Gasteiger partial charge in [-0.25, -0.2) is 0 Å². The van der Waals surface area contributed by atoms with Gasteiger partial charge in [0.25, 0.3) is 0 Å². The lowest BCUT2D eigenvalue weighted by atomic mass is 9.43. The van der Waals surface area contributed by atoms with E-state index in [2.05, 4.69) is 36.7 Å². The van der Waals surface area contributed by atoms with E-state index in [0.717, 1.165) is 45.4 Å². The fraction of sp³-hybridized carbons (Fsp3) is 0.970. The Balaban J connectivity index is 1.32. The van der Waals surface area contributed by atoms with Crippen molar-refractivity contribution in [3.63, 3.8) is 0 Å². The summed E-state index contributed by atoms with van der Waals surface area (Å²) in [6.45, 7) is 15.6. The summed E-state index contributed by atoms with van der Waals surface area (Å²) in [5, 5.41) is 22.1. The number of carbonyl (C=O) groups excluding carboxylic acids is 1. The maximum Gasteiger partial charge on any atom is 0.220 e. The van der Waals surface area contributed by atoms with Gasteiger partial charge in [-0.15, -0.1) is 0 Å². The van der Waals surface area contributed by atoms with Crippen molar-refractivity contribution >= 4 is 5.91 Å². The highest BCUT2D eigenvalue weighted by molar-refractivity contribution is 5.76. The number of rotatable bonds is 13. The Kier molecular flexibility index (Phi) is 10.8. The summed E-state index contributed by atoms with van der Waals surface area (Å²) in [5.74, 6) is 3.87. The number of carbonyl (C=O) groups is 1. The molecule has 0 aliphatic heterocycles. The van der Waals surface area contributed by atoms with Crippen LogP contribution in [0.25, 0.3) is 0 Å². The van der Waals surface area contributed by atoms with Crippen LogP contribution >= 0.6 is 0 Å². The maximum atomic E-state index is 12.3. The molecule has 4 rings (SSSR count). The largest absolute Gasteiger partial charge is 0.393 e. The zero-order valence-electron chi connectivity index (χ0n) is 25.9. The lowest BCUT2D eigenvalue weighted by molar-refractivity contribution is -0.167. The van der Waals surface area contributed by atoms with Crippen molar-refractivity contribution in [2.24, 2.45) is 52.1 Å². The number of nitrogens with two attached hydrogens (primary N) is 1. The van der Waals surface area contributed by atoms with Gasteiger partial charge in [-0.2, -0.15) is 0 Å². The van der Waals surface area contributed by atoms with Crippen molar-refractivity contribution in [3.8, 4) is 0 Å². The van der Waals surface area contributed by atoms with Gasteiger partial charge in [0, 0.05) is 18.5 Å². The van der Waals surface area contributed by atoms with Crippen molar-refractivity contribution in [2.45, 2.75) is 130 Å². The van der Waals surface area contributed by atoms with Crippen molar-refractivity contribution in [1.82, 2.24) is 16.0 Å². The van der Waals surface area contributed by atoms with E-state index in [1.54, 1.807) is 0 Å². The molecule has 0 bridgehead atoms. The first kappa shape index (κ1) is 31.3. The van der Waals surface area contributed by atoms with Crippen LogP contribution in [0.3, 0.4) is 0 Å². The average Bonchev–Trinajstić information content (AvgIpc) is 3.24. The number of fused-ring (bicyclic) bond motifs is 5. The summed E-state index contributed by atoms with van der Waals surface area (Å²) in [5.41, 5.74) is 6.28. The van der Waals surface area contributed by atoms with Crippen LogP contribution in [0.5, 0.6) is 0 Å². The summed E-state index contributed by atoms with van der Waals surface area (Å²) in [6, 6.07) is 0.823. The minimum Gasteiger partial charge on any atom is -0.393 e. The molecule has 6 nitrogen and oxygen atoms in total. The molecule has 0 saturated heterocycles. The van der Waals surface area contributed by atoms with Crippen LogP contribution in [0, 0.1) is 46.3 Å². The molecule has 39 heavy (non-hydrogen) atoms. The van der Waals surface area contributed by atoms with Crippen molar-refractivity contribution in [1.29, 1.82) is 0 Å². The number of aliphatic hydroxyl groups is 1. The van der Waals surface area contributed by atoms with E-state index in [-0.39, 0.29) is 18.1 Å². The van der Waals surface area contributed by atoms with Crippen LogP contribution in [0.15, 0.2) is 0 Å². The Morgan fingerprint density at radius 2 is 1.67 bits per heavy atom. The first-order valence-corrected chi connectivity index (χ1v) is 16.7. The predicted octanol–water partition coefficient (Wildman–Crippen LogP) is 4.84. The molecule has 10 atom stereocenters. The van der Waals surface area contributed by atoms with Crippen molar-refractivity contribution in [2.75, 3.05) is 26.2 Å². The van der Waals surface area contributed by atoms with Crippen molar-refractivity contribution < 1.29 is 9.90 Å². The third-order valence-electron chi connectivity index (χ3n) is 12.2. The van der Waals surface area contributed by atoms with Gasteiger partial charge in [0.2, 0.25) is 5.91 Å². The minimum atomic E-state index is -0.144. The summed E-state index contributed by atoms with van der Waals surface area (Å²) < 4.78 is 0. The summed E-state index contributed by atoms with van der Waals surface area (Å²) >= 11 is 0. The maximum absolute atomic E-state index is 12.3. The lowest BCUT2D eigenvalue weighted by Gasteiger charge is -2.62. The highest BCUT2D eigenvalue weighted by Crippen LogP contribution is 2.68. The quantitative estimate of drug-likeness (QED) is 0.213. The Labute approximate surface area is 239 Å². The Bertz CT molecular complexity index is 792. The number of hydrogen-bond acceptors (Lipinski definition) is 5. The second kappa shape index (κ2) is 13.5. The monoisotopic (exact) mass is 546 g/mol. The third-order valence-corrected chi connectivity index (χ3v) is 12.2. The van der Waals surface area contributed by atoms with Crippen LogP contribution in [0.1, 0.15) is 112 Å². The zero-order chi connectivity index (χ0) is 28.2. The van der Waals surface area contributed by atoms with E-state index in [1.807, 2.05) is 13.8 Å². The van der Waals surface area contributed by atoms with Crippen LogP contribution in [-0.2, 0) is 4.79 Å². The number of hydrogen-bond donors (Lipinski definition) is 5. The van der Waals surface area contributed by atoms with Gasteiger partial charge in [-0.05, 0) is 157 Å². The van der Waals surface area contributed by atoms with Gasteiger partial charge in [0.05, 0.1) is 6.10 Å². The fourth-order valence-electron chi connectivity index (χ4n) is 10.2. The number of nitrogens with one attached hydrogen (secondary N) is 3. The molecule has 0 aromatic heterocycles. The molecule has 0 spiro atoms. The molecule has 4 fully saturated rings. The van der Waals surface area contributed by atoms with Crippen LogP contribution in [0.2, 0.25) is 0 Å². The van der Waals surface area contributed by atoms with Crippen LogP contribution < -0.4 is 21.7 Å². The molecule has 0 aromatic rings. The van der Waals surface area contributed by atoms with Crippen molar-refractivity contribution in [3.05, 3.63) is 0 Å². The molecule has 6 heteroatoms. The standard InChI is InChI=1S/C33H62N4O2/c1-22(2)37-30(39)11-8-23(3)26-9-10-27-31-28(13-15-33(26,27)5)32(4)14-12-25(20-24(32)21-29(31)38)36-19-7-18-35-17-6-16-34/h22-29,31,35-36,38H,6-21,34H2,1-5H3,(H,37,39)/t23-,24?,25+,26-,27?,28?,29+,31?,32+,33-/m1/s1. The number of aliphatic hydroxyl groups excluding tert-OH is 1. The predicted molar refractivity (Wildman–Crippen MR) is 161 cm³/mol. The Morgan fingerprint density at radius 3 is 2.41 bits per heavy atom. The molecule has 4 aliphatic rings. The van der Waals surface area contributed by atoms with Gasteiger partial charge in [-0.3, -0.25) is 4.79 Å². The topological polar surface area (TPSA) is 99.4 Å². The summed E-state index contributed by atoms with van der Waals surface area (Å²) in [4.78, 5) is 12.3. The van der Waals surface area contributed by atoms with E-state index >= 15 is 0 Å². The fourth-order valence-corrected chi connectivity index (χ4v) is 10.2. The summed E-state index contributed by atoms with van der Waals surface area (Å²) in [6.07, 6.45) is 13.7. The molecule has 226 valence electrons. The zero-order valence-corrected chi connectivity index (χ0v) is 25.9. The second-order valence-electron chi connectivity index (χ2n) is 14.9. The van der Waals surface area contributed by atoms with E-state index in [1.165, 1.54) is 51.4 Å². The smallest absolute Gasteiger partial charge is 0.220 e. The molecule has 4 saturated carbocycles. The van der Waals surface area contributed by atoms with Gasteiger partial charge in [0.1, 0.15) is 0 Å². The van der Waals surface area contributed by atoms with Gasteiger partial charge >= 0.3 is 0 Å². The molecule has 0 radical (unpaired) electrons. The van der Waals surface area contributed by atoms with Crippen LogP contribution in [0.4, 0.5) is 0 Å². The average molecular weight is 547 g/mol. The Hall–Kier alpha value is -0.690. The highest BCUT2D eigenvalue weighted by Gasteiger charge is 2.62. The molecule has 0 aromatic carbocycles. The molecular weight excluding hydrogens is 484 g/mol. The van der Waals surface area contributed by atoms with Gasteiger partial charge in [-0.1, -0.05) is 20.8 Å². The molecule has 6 N–H and O–H groups in total. The molecule has 4 unspecified atom stereocenters. The van der Waals surface area contributed by atoms with Crippen LogP contribution in [-0.4, -0.2) is 55.4 Å². The normalized spacial score (nSPS) is 40.6. The summed E-state index contributed by atoms with van der Waals surface area (Å²) in [7, 11) is 0. The lowest BCUT2D eigenvalue weighted by Crippen LogP contribution is -2.59. The molecule has 1 amide bonds. The second-order valence-corrected chi connectivity index (χ2v) is 14.9. The first-order valence-electron chi connectivity index (χ1n) is 16.7. The SMILES string of the molecule is CC(C)NC(=O)CC[C@@H](C)[C@H]1CCC2C3C(CC[C@@]21C)[C@@]1(C)CC[C@H](NCCCNCCCN)CC1C[C@@H]3O. The minimum absolute atomic E-state index is 0.144. The Morgan fingerprint density at radius 1 is 0.949 bits per heavy atom. The van der Waals surface area contributed by atoms with Gasteiger partial charge in [0.15, 0.2) is 0 Å². The van der Waals surface area contributed by atoms with E-state index in [0.29, 0.717) is 58.8 Å². The van der Waals surface area contributed by atoms with E-state index < -0.39 is 0 Å². The molecule has 4 aliphatic carbocycles. The number of amides is 1. The first-order chi connectivity index (χ1) is 18.6. The highest BCUT2D eigenvalue weighted by atomic mass is 16.3. The van der Waals surface area contributed by atoms with E-state index in [9.17, 15) is 9.90 Å². The molecular formula is C33H62N4O2. The molecule has 0 heterocycles.